The molecule has 2 aliphatic heterocycles. The molecular weight excluding hydrogens is 448 g/mol. The van der Waals surface area contributed by atoms with Crippen LogP contribution in [0.2, 0.25) is 0 Å². The van der Waals surface area contributed by atoms with Gasteiger partial charge in [-0.3, -0.25) is 9.59 Å². The number of amides is 2. The van der Waals surface area contributed by atoms with Gasteiger partial charge in [0.05, 0.1) is 5.51 Å². The Balaban J connectivity index is 1.06. The summed E-state index contributed by atoms with van der Waals surface area (Å²) in [6, 6.07) is 15.3. The molecule has 4 heterocycles. The molecule has 7 nitrogen and oxygen atoms in total. The van der Waals surface area contributed by atoms with Crippen molar-refractivity contribution < 1.29 is 14.0 Å². The van der Waals surface area contributed by atoms with Crippen molar-refractivity contribution in [1.29, 1.82) is 0 Å². The number of benzene rings is 2. The van der Waals surface area contributed by atoms with Gasteiger partial charge in [0.25, 0.3) is 11.8 Å². The SMILES string of the molecule is O=C(c1ccc2nc(-c3ccccc3)oc2c1)N1CCC(C2CN(C(=O)c3cscn3)C2)CC1. The van der Waals surface area contributed by atoms with Crippen LogP contribution in [0.25, 0.3) is 22.6 Å². The molecule has 2 fully saturated rings. The van der Waals surface area contributed by atoms with Gasteiger partial charge < -0.3 is 14.2 Å². The molecule has 6 rings (SSSR count). The number of piperidine rings is 1. The number of carbonyl (C=O) groups is 2. The summed E-state index contributed by atoms with van der Waals surface area (Å²) in [5.74, 6) is 1.69. The van der Waals surface area contributed by atoms with Gasteiger partial charge in [-0.25, -0.2) is 9.97 Å². The van der Waals surface area contributed by atoms with Crippen LogP contribution in [0, 0.1) is 11.8 Å². The molecule has 0 radical (unpaired) electrons. The van der Waals surface area contributed by atoms with Crippen molar-refractivity contribution in [3.8, 4) is 11.5 Å². The lowest BCUT2D eigenvalue weighted by Gasteiger charge is -2.45. The smallest absolute Gasteiger partial charge is 0.273 e. The highest BCUT2D eigenvalue weighted by Gasteiger charge is 2.38. The summed E-state index contributed by atoms with van der Waals surface area (Å²) in [7, 11) is 0. The summed E-state index contributed by atoms with van der Waals surface area (Å²) in [6.07, 6.45) is 1.94. The average Bonchev–Trinajstić information content (AvgIpc) is 3.53. The molecule has 0 bridgehead atoms. The summed E-state index contributed by atoms with van der Waals surface area (Å²) >= 11 is 1.44. The maximum atomic E-state index is 13.2. The molecule has 4 aromatic rings. The van der Waals surface area contributed by atoms with Crippen molar-refractivity contribution in [3.63, 3.8) is 0 Å². The van der Waals surface area contributed by atoms with Crippen molar-refractivity contribution in [2.24, 2.45) is 11.8 Å². The first-order chi connectivity index (χ1) is 16.7. The van der Waals surface area contributed by atoms with Crippen LogP contribution in [-0.2, 0) is 0 Å². The van der Waals surface area contributed by atoms with Gasteiger partial charge in [0.15, 0.2) is 5.58 Å². The molecule has 2 aliphatic rings. The fraction of sp³-hybridized carbons (Fsp3) is 0.308. The van der Waals surface area contributed by atoms with Gasteiger partial charge in [-0.2, -0.15) is 0 Å². The number of thiazole rings is 1. The van der Waals surface area contributed by atoms with E-state index < -0.39 is 0 Å². The van der Waals surface area contributed by atoms with E-state index in [-0.39, 0.29) is 11.8 Å². The summed E-state index contributed by atoms with van der Waals surface area (Å²) in [5, 5.41) is 1.80. The lowest BCUT2D eigenvalue weighted by Crippen LogP contribution is -2.54. The highest BCUT2D eigenvalue weighted by molar-refractivity contribution is 7.07. The second-order valence-electron chi connectivity index (χ2n) is 9.04. The molecular formula is C26H24N4O3S. The molecule has 2 amide bonds. The second-order valence-corrected chi connectivity index (χ2v) is 9.76. The van der Waals surface area contributed by atoms with Crippen molar-refractivity contribution in [2.45, 2.75) is 12.8 Å². The van der Waals surface area contributed by atoms with Crippen LogP contribution < -0.4 is 0 Å². The molecule has 8 heteroatoms. The summed E-state index contributed by atoms with van der Waals surface area (Å²) in [5.41, 5.74) is 5.15. The van der Waals surface area contributed by atoms with Crippen LogP contribution in [0.5, 0.6) is 0 Å². The number of rotatable bonds is 4. The van der Waals surface area contributed by atoms with Gasteiger partial charge in [0, 0.05) is 42.7 Å². The predicted octanol–water partition coefficient (Wildman–Crippen LogP) is 4.58. The molecule has 0 spiro atoms. The zero-order chi connectivity index (χ0) is 23.1. The zero-order valence-corrected chi connectivity index (χ0v) is 19.4. The minimum Gasteiger partial charge on any atom is -0.436 e. The van der Waals surface area contributed by atoms with Gasteiger partial charge >= 0.3 is 0 Å². The Morgan fingerprint density at radius 2 is 1.74 bits per heavy atom. The van der Waals surface area contributed by atoms with E-state index in [0.29, 0.717) is 34.6 Å². The highest BCUT2D eigenvalue weighted by Crippen LogP contribution is 2.33. The van der Waals surface area contributed by atoms with Gasteiger partial charge in [0.1, 0.15) is 11.2 Å². The Morgan fingerprint density at radius 3 is 2.47 bits per heavy atom. The topological polar surface area (TPSA) is 79.5 Å². The van der Waals surface area contributed by atoms with Crippen LogP contribution >= 0.6 is 11.3 Å². The third-order valence-corrected chi connectivity index (χ3v) is 7.58. The zero-order valence-electron chi connectivity index (χ0n) is 18.6. The van der Waals surface area contributed by atoms with Crippen LogP contribution in [0.1, 0.15) is 33.7 Å². The van der Waals surface area contributed by atoms with Crippen LogP contribution in [0.4, 0.5) is 0 Å². The molecule has 0 N–H and O–H groups in total. The molecule has 34 heavy (non-hydrogen) atoms. The van der Waals surface area contributed by atoms with E-state index in [1.54, 1.807) is 17.0 Å². The van der Waals surface area contributed by atoms with Crippen molar-refractivity contribution in [1.82, 2.24) is 19.8 Å². The molecule has 2 aromatic carbocycles. The Bertz CT molecular complexity index is 1320. The number of fused-ring (bicyclic) bond motifs is 1. The van der Waals surface area contributed by atoms with E-state index in [1.165, 1.54) is 11.3 Å². The Hall–Kier alpha value is -3.52. The fourth-order valence-corrected chi connectivity index (χ4v) is 5.50. The van der Waals surface area contributed by atoms with E-state index >= 15 is 0 Å². The molecule has 0 saturated carbocycles. The van der Waals surface area contributed by atoms with E-state index in [2.05, 4.69) is 9.97 Å². The molecule has 172 valence electrons. The molecule has 0 atom stereocenters. The van der Waals surface area contributed by atoms with E-state index in [4.69, 9.17) is 4.42 Å². The number of nitrogens with zero attached hydrogens (tertiary/aromatic N) is 4. The number of hydrogen-bond acceptors (Lipinski definition) is 6. The number of carbonyl (C=O) groups excluding carboxylic acids is 2. The van der Waals surface area contributed by atoms with Gasteiger partial charge in [-0.05, 0) is 55.0 Å². The Morgan fingerprint density at radius 1 is 0.941 bits per heavy atom. The minimum absolute atomic E-state index is 0.0309. The molecule has 0 aliphatic carbocycles. The maximum Gasteiger partial charge on any atom is 0.273 e. The minimum atomic E-state index is 0.0309. The van der Waals surface area contributed by atoms with E-state index in [1.807, 2.05) is 52.3 Å². The number of oxazole rings is 1. The molecule has 2 saturated heterocycles. The first-order valence-corrected chi connectivity index (χ1v) is 12.5. The Kier molecular flexibility index (Phi) is 5.37. The van der Waals surface area contributed by atoms with Gasteiger partial charge in [-0.15, -0.1) is 11.3 Å². The standard InChI is InChI=1S/C26H24N4O3S/c31-25(19-6-7-21-23(12-19)33-24(28-21)18-4-2-1-3-5-18)29-10-8-17(9-11-29)20-13-30(14-20)26(32)22-15-34-16-27-22/h1-7,12,15-17,20H,8-11,13-14H2. The molecule has 0 unspecified atom stereocenters. The predicted molar refractivity (Wildman–Crippen MR) is 130 cm³/mol. The van der Waals surface area contributed by atoms with Crippen molar-refractivity contribution in [3.05, 3.63) is 70.7 Å². The third-order valence-electron chi connectivity index (χ3n) is 7.00. The van der Waals surface area contributed by atoms with Gasteiger partial charge in [0.2, 0.25) is 5.89 Å². The lowest BCUT2D eigenvalue weighted by atomic mass is 9.79. The van der Waals surface area contributed by atoms with Crippen molar-refractivity contribution >= 4 is 34.3 Å². The summed E-state index contributed by atoms with van der Waals surface area (Å²) in [4.78, 5) is 38.0. The third kappa shape index (κ3) is 3.88. The first kappa shape index (κ1) is 21.0. The average molecular weight is 473 g/mol. The summed E-state index contributed by atoms with van der Waals surface area (Å²) in [6.45, 7) is 3.06. The Labute approximate surface area is 201 Å². The van der Waals surface area contributed by atoms with Crippen LogP contribution in [0.3, 0.4) is 0 Å². The van der Waals surface area contributed by atoms with E-state index in [0.717, 1.165) is 50.1 Å². The largest absolute Gasteiger partial charge is 0.436 e. The van der Waals surface area contributed by atoms with Gasteiger partial charge in [-0.1, -0.05) is 18.2 Å². The first-order valence-electron chi connectivity index (χ1n) is 11.6. The maximum absolute atomic E-state index is 13.2. The number of likely N-dealkylation sites (tertiary alicyclic amines) is 2. The van der Waals surface area contributed by atoms with E-state index in [9.17, 15) is 9.59 Å². The van der Waals surface area contributed by atoms with Crippen LogP contribution in [0.15, 0.2) is 63.8 Å². The molecule has 2 aromatic heterocycles. The number of hydrogen-bond donors (Lipinski definition) is 0. The van der Waals surface area contributed by atoms with Crippen molar-refractivity contribution in [2.75, 3.05) is 26.2 Å². The highest BCUT2D eigenvalue weighted by atomic mass is 32.1. The quantitative estimate of drug-likeness (QED) is 0.435. The second kappa shape index (κ2) is 8.68. The van der Waals surface area contributed by atoms with Crippen LogP contribution in [-0.4, -0.2) is 57.8 Å². The lowest BCUT2D eigenvalue weighted by molar-refractivity contribution is 0.0225. The number of aromatic nitrogens is 2. The fourth-order valence-electron chi connectivity index (χ4n) is 4.98. The monoisotopic (exact) mass is 472 g/mol. The normalized spacial score (nSPS) is 17.2. The summed E-state index contributed by atoms with van der Waals surface area (Å²) < 4.78 is 5.94.